The predicted molar refractivity (Wildman–Crippen MR) is 81.3 cm³/mol. The summed E-state index contributed by atoms with van der Waals surface area (Å²) < 4.78 is 5.25. The number of amides is 1. The molecule has 1 saturated carbocycles. The molecule has 0 spiro atoms. The van der Waals surface area contributed by atoms with Crippen LogP contribution in [0.3, 0.4) is 0 Å². The van der Waals surface area contributed by atoms with E-state index in [-0.39, 0.29) is 17.9 Å². The smallest absolute Gasteiger partial charge is 0.224 e. The lowest BCUT2D eigenvalue weighted by molar-refractivity contribution is -0.117. The van der Waals surface area contributed by atoms with Crippen LogP contribution in [0.15, 0.2) is 12.1 Å². The van der Waals surface area contributed by atoms with Gasteiger partial charge in [0.1, 0.15) is 5.75 Å². The third-order valence-electron chi connectivity index (χ3n) is 3.92. The maximum Gasteiger partial charge on any atom is 0.224 e. The van der Waals surface area contributed by atoms with Gasteiger partial charge in [0.2, 0.25) is 5.91 Å². The quantitative estimate of drug-likeness (QED) is 0.897. The maximum absolute atomic E-state index is 12.1. The van der Waals surface area contributed by atoms with Crippen molar-refractivity contribution in [3.63, 3.8) is 0 Å². The third-order valence-corrected chi connectivity index (χ3v) is 4.33. The average molecular weight is 297 g/mol. The molecule has 1 fully saturated rings. The molecule has 110 valence electrons. The van der Waals surface area contributed by atoms with Crippen molar-refractivity contribution < 1.29 is 9.53 Å². The van der Waals surface area contributed by atoms with Gasteiger partial charge in [0.25, 0.3) is 0 Å². The molecule has 0 heterocycles. The van der Waals surface area contributed by atoms with Crippen LogP contribution in [-0.4, -0.2) is 19.1 Å². The van der Waals surface area contributed by atoms with Gasteiger partial charge in [-0.2, -0.15) is 0 Å². The van der Waals surface area contributed by atoms with E-state index in [2.05, 4.69) is 5.32 Å². The number of benzene rings is 1. The molecule has 0 aliphatic heterocycles. The van der Waals surface area contributed by atoms with Crippen molar-refractivity contribution in [2.24, 2.45) is 11.7 Å². The zero-order valence-corrected chi connectivity index (χ0v) is 12.7. The van der Waals surface area contributed by atoms with Crippen LogP contribution in [0, 0.1) is 12.8 Å². The molecule has 0 saturated heterocycles. The zero-order valence-electron chi connectivity index (χ0n) is 11.9. The summed E-state index contributed by atoms with van der Waals surface area (Å²) in [6, 6.07) is 3.69. The molecule has 1 amide bonds. The molecule has 2 rings (SSSR count). The number of carbonyl (C=O) groups excluding carboxylic acids is 1. The van der Waals surface area contributed by atoms with Crippen LogP contribution in [0.4, 0.5) is 5.69 Å². The van der Waals surface area contributed by atoms with Crippen LogP contribution >= 0.6 is 11.6 Å². The molecule has 2 atom stereocenters. The highest BCUT2D eigenvalue weighted by Crippen LogP contribution is 2.32. The van der Waals surface area contributed by atoms with Crippen molar-refractivity contribution in [3.05, 3.63) is 22.7 Å². The van der Waals surface area contributed by atoms with Crippen molar-refractivity contribution in [3.8, 4) is 5.75 Å². The number of ether oxygens (including phenoxy) is 1. The minimum Gasteiger partial charge on any atom is -0.495 e. The molecule has 0 aromatic heterocycles. The molecule has 0 unspecified atom stereocenters. The fourth-order valence-electron chi connectivity index (χ4n) is 2.69. The first-order chi connectivity index (χ1) is 9.51. The first kappa shape index (κ1) is 15.1. The van der Waals surface area contributed by atoms with Gasteiger partial charge < -0.3 is 15.8 Å². The summed E-state index contributed by atoms with van der Waals surface area (Å²) in [6.45, 7) is 1.89. The minimum atomic E-state index is -0.0210. The van der Waals surface area contributed by atoms with E-state index < -0.39 is 0 Å². The molecule has 1 aromatic rings. The number of nitrogens with one attached hydrogen (secondary N) is 1. The number of aryl methyl sites for hydroxylation is 1. The number of anilines is 1. The monoisotopic (exact) mass is 296 g/mol. The van der Waals surface area contributed by atoms with E-state index >= 15 is 0 Å². The molecule has 0 bridgehead atoms. The van der Waals surface area contributed by atoms with Crippen molar-refractivity contribution in [1.82, 2.24) is 0 Å². The number of rotatable bonds is 4. The Kier molecular flexibility index (Phi) is 4.89. The normalized spacial score (nSPS) is 21.8. The van der Waals surface area contributed by atoms with E-state index in [0.29, 0.717) is 22.9 Å². The van der Waals surface area contributed by atoms with Gasteiger partial charge in [-0.1, -0.05) is 18.0 Å². The van der Waals surface area contributed by atoms with E-state index in [1.54, 1.807) is 13.2 Å². The van der Waals surface area contributed by atoms with Gasteiger partial charge in [-0.3, -0.25) is 4.79 Å². The summed E-state index contributed by atoms with van der Waals surface area (Å²) in [4.78, 5) is 12.1. The van der Waals surface area contributed by atoms with Gasteiger partial charge in [-0.05, 0) is 37.3 Å². The van der Waals surface area contributed by atoms with Crippen molar-refractivity contribution >= 4 is 23.2 Å². The van der Waals surface area contributed by atoms with Gasteiger partial charge in [0.05, 0.1) is 12.8 Å². The molecule has 1 aliphatic rings. The van der Waals surface area contributed by atoms with Gasteiger partial charge in [-0.25, -0.2) is 0 Å². The average Bonchev–Trinajstić information content (AvgIpc) is 2.79. The summed E-state index contributed by atoms with van der Waals surface area (Å²) >= 11 is 6.05. The van der Waals surface area contributed by atoms with Gasteiger partial charge in [-0.15, -0.1) is 0 Å². The molecular weight excluding hydrogens is 276 g/mol. The fourth-order valence-corrected chi connectivity index (χ4v) is 2.84. The zero-order chi connectivity index (χ0) is 14.7. The Morgan fingerprint density at radius 1 is 1.50 bits per heavy atom. The number of halogens is 1. The van der Waals surface area contributed by atoms with E-state index in [1.807, 2.05) is 13.0 Å². The van der Waals surface area contributed by atoms with Crippen LogP contribution < -0.4 is 15.8 Å². The Hall–Kier alpha value is -1.26. The molecule has 1 aliphatic carbocycles. The predicted octanol–water partition coefficient (Wildman–Crippen LogP) is 3.11. The van der Waals surface area contributed by atoms with Crippen LogP contribution in [0.5, 0.6) is 5.75 Å². The molecule has 20 heavy (non-hydrogen) atoms. The van der Waals surface area contributed by atoms with E-state index in [4.69, 9.17) is 22.1 Å². The summed E-state index contributed by atoms with van der Waals surface area (Å²) in [5.74, 6) is 0.839. The number of nitrogens with two attached hydrogens (primary N) is 1. The Balaban J connectivity index is 2.05. The number of methoxy groups -OCH3 is 1. The first-order valence-corrected chi connectivity index (χ1v) is 7.28. The molecule has 0 radical (unpaired) electrons. The largest absolute Gasteiger partial charge is 0.495 e. The lowest BCUT2D eigenvalue weighted by Gasteiger charge is -2.16. The lowest BCUT2D eigenvalue weighted by Crippen LogP contribution is -2.28. The van der Waals surface area contributed by atoms with Crippen molar-refractivity contribution in [2.45, 2.75) is 38.6 Å². The van der Waals surface area contributed by atoms with Crippen LogP contribution in [0.1, 0.15) is 31.2 Å². The SMILES string of the molecule is COc1cc(Cl)c(C)cc1NC(=O)C[C@@H]1CCC[C@H]1N. The summed E-state index contributed by atoms with van der Waals surface area (Å²) in [5.41, 5.74) is 7.56. The van der Waals surface area contributed by atoms with Crippen LogP contribution in [0.2, 0.25) is 5.02 Å². The second kappa shape index (κ2) is 6.46. The first-order valence-electron chi connectivity index (χ1n) is 6.91. The number of carbonyl (C=O) groups is 1. The third kappa shape index (κ3) is 3.44. The van der Waals surface area contributed by atoms with Crippen molar-refractivity contribution in [1.29, 1.82) is 0 Å². The highest BCUT2D eigenvalue weighted by molar-refractivity contribution is 6.31. The fraction of sp³-hybridized carbons (Fsp3) is 0.533. The minimum absolute atomic E-state index is 0.0210. The molecule has 5 heteroatoms. The Labute approximate surface area is 124 Å². The maximum atomic E-state index is 12.1. The molecule has 4 nitrogen and oxygen atoms in total. The summed E-state index contributed by atoms with van der Waals surface area (Å²) in [5, 5.41) is 3.52. The second-order valence-corrected chi connectivity index (χ2v) is 5.82. The number of hydrogen-bond acceptors (Lipinski definition) is 3. The number of hydrogen-bond donors (Lipinski definition) is 2. The second-order valence-electron chi connectivity index (χ2n) is 5.41. The highest BCUT2D eigenvalue weighted by Gasteiger charge is 2.26. The van der Waals surface area contributed by atoms with E-state index in [0.717, 1.165) is 24.8 Å². The lowest BCUT2D eigenvalue weighted by atomic mass is 10.00. The molecule has 3 N–H and O–H groups in total. The molecule has 1 aromatic carbocycles. The summed E-state index contributed by atoms with van der Waals surface area (Å²) in [6.07, 6.45) is 3.63. The summed E-state index contributed by atoms with van der Waals surface area (Å²) in [7, 11) is 1.56. The Bertz CT molecular complexity index is 505. The van der Waals surface area contributed by atoms with Gasteiger partial charge in [0.15, 0.2) is 0 Å². The Morgan fingerprint density at radius 3 is 2.85 bits per heavy atom. The van der Waals surface area contributed by atoms with E-state index in [1.165, 1.54) is 0 Å². The van der Waals surface area contributed by atoms with Crippen LogP contribution in [0.25, 0.3) is 0 Å². The van der Waals surface area contributed by atoms with Gasteiger partial charge in [0, 0.05) is 23.6 Å². The topological polar surface area (TPSA) is 64.3 Å². The molecular formula is C15H21ClN2O2. The van der Waals surface area contributed by atoms with Crippen LogP contribution in [-0.2, 0) is 4.79 Å². The Morgan fingerprint density at radius 2 is 2.25 bits per heavy atom. The standard InChI is InChI=1S/C15H21ClN2O2/c1-9-6-13(14(20-2)8-11(9)16)18-15(19)7-10-4-3-5-12(10)17/h6,8,10,12H,3-5,7,17H2,1-2H3,(H,18,19)/t10-,12+/m0/s1. The van der Waals surface area contributed by atoms with Gasteiger partial charge >= 0.3 is 0 Å². The van der Waals surface area contributed by atoms with Crippen molar-refractivity contribution in [2.75, 3.05) is 12.4 Å². The van der Waals surface area contributed by atoms with E-state index in [9.17, 15) is 4.79 Å². The highest BCUT2D eigenvalue weighted by atomic mass is 35.5.